The molecule has 0 saturated carbocycles. The van der Waals surface area contributed by atoms with Crippen molar-refractivity contribution >= 4 is 23.3 Å². The zero-order valence-corrected chi connectivity index (χ0v) is 16.1. The average Bonchev–Trinajstić information content (AvgIpc) is 2.90. The number of nitrogens with one attached hydrogen (secondary N) is 1. The highest BCUT2D eigenvalue weighted by Gasteiger charge is 2.29. The van der Waals surface area contributed by atoms with Gasteiger partial charge in [0, 0.05) is 37.3 Å². The molecule has 142 valence electrons. The maximum Gasteiger partial charge on any atom is 0.241 e. The molecule has 1 aliphatic heterocycles. The maximum atomic E-state index is 12.4. The molecule has 0 bridgehead atoms. The molecule has 27 heavy (non-hydrogen) atoms. The van der Waals surface area contributed by atoms with Crippen LogP contribution in [-0.2, 0) is 16.1 Å². The maximum absolute atomic E-state index is 12.4. The van der Waals surface area contributed by atoms with Gasteiger partial charge in [0.05, 0.1) is 11.3 Å². The number of Topliss-reactive ketones (excluding diaryl/α,β-unsaturated/α-hetero) is 1. The third-order valence-corrected chi connectivity index (χ3v) is 5.11. The Kier molecular flexibility index (Phi) is 5.12. The number of aromatic nitrogens is 2. The van der Waals surface area contributed by atoms with E-state index in [-0.39, 0.29) is 30.1 Å². The number of carbonyl (C=O) groups excluding carboxylic acids is 3. The van der Waals surface area contributed by atoms with Crippen molar-refractivity contribution in [1.29, 1.82) is 0 Å². The quantitative estimate of drug-likeness (QED) is 0.818. The number of ketones is 1. The summed E-state index contributed by atoms with van der Waals surface area (Å²) in [5.41, 5.74) is 3.83. The first-order chi connectivity index (χ1) is 12.8. The normalized spacial score (nSPS) is 16.2. The van der Waals surface area contributed by atoms with Gasteiger partial charge in [0.1, 0.15) is 6.54 Å². The molecule has 1 N–H and O–H groups in total. The van der Waals surface area contributed by atoms with Gasteiger partial charge in [-0.05, 0) is 32.4 Å². The van der Waals surface area contributed by atoms with Crippen LogP contribution in [0.3, 0.4) is 0 Å². The van der Waals surface area contributed by atoms with Gasteiger partial charge in [-0.3, -0.25) is 19.1 Å². The van der Waals surface area contributed by atoms with Gasteiger partial charge in [-0.15, -0.1) is 0 Å². The molecule has 0 radical (unpaired) electrons. The van der Waals surface area contributed by atoms with Crippen LogP contribution in [0, 0.1) is 13.8 Å². The molecule has 7 nitrogen and oxygen atoms in total. The number of hydrogen-bond acceptors (Lipinski definition) is 4. The van der Waals surface area contributed by atoms with Gasteiger partial charge >= 0.3 is 0 Å². The molecule has 1 aromatic carbocycles. The Morgan fingerprint density at radius 3 is 2.63 bits per heavy atom. The predicted molar refractivity (Wildman–Crippen MR) is 102 cm³/mol. The Hall–Kier alpha value is -2.96. The molecular formula is C20H24N4O3. The summed E-state index contributed by atoms with van der Waals surface area (Å²) in [4.78, 5) is 38.0. The van der Waals surface area contributed by atoms with Gasteiger partial charge in [-0.2, -0.15) is 5.10 Å². The first-order valence-corrected chi connectivity index (χ1v) is 8.96. The number of fused-ring (bicyclic) bond motifs is 1. The highest BCUT2D eigenvalue weighted by atomic mass is 16.2. The van der Waals surface area contributed by atoms with Crippen LogP contribution in [0.25, 0.3) is 0 Å². The number of para-hydroxylation sites is 1. The van der Waals surface area contributed by atoms with Gasteiger partial charge < -0.3 is 10.2 Å². The van der Waals surface area contributed by atoms with Crippen molar-refractivity contribution in [1.82, 2.24) is 15.1 Å². The first-order valence-electron chi connectivity index (χ1n) is 8.96. The Bertz CT molecular complexity index is 916. The lowest BCUT2D eigenvalue weighted by Gasteiger charge is -2.31. The van der Waals surface area contributed by atoms with Crippen molar-refractivity contribution in [3.8, 4) is 0 Å². The van der Waals surface area contributed by atoms with E-state index in [1.54, 1.807) is 30.5 Å². The van der Waals surface area contributed by atoms with Crippen LogP contribution in [-0.4, -0.2) is 41.0 Å². The van der Waals surface area contributed by atoms with Gasteiger partial charge in [0.2, 0.25) is 11.8 Å². The van der Waals surface area contributed by atoms with Crippen LogP contribution in [0.2, 0.25) is 0 Å². The molecule has 2 amide bonds. The van der Waals surface area contributed by atoms with Crippen LogP contribution in [0.5, 0.6) is 0 Å². The summed E-state index contributed by atoms with van der Waals surface area (Å²) in [7, 11) is 1.77. The fourth-order valence-corrected chi connectivity index (χ4v) is 3.70. The van der Waals surface area contributed by atoms with Gasteiger partial charge in [-0.25, -0.2) is 0 Å². The van der Waals surface area contributed by atoms with Crippen LogP contribution in [0.4, 0.5) is 5.69 Å². The molecule has 2 aromatic rings. The summed E-state index contributed by atoms with van der Waals surface area (Å²) in [6.07, 6.45) is 0.363. The summed E-state index contributed by atoms with van der Waals surface area (Å²) in [6, 6.07) is 7.76. The van der Waals surface area contributed by atoms with E-state index in [0.29, 0.717) is 29.9 Å². The summed E-state index contributed by atoms with van der Waals surface area (Å²) in [5, 5.41) is 7.21. The summed E-state index contributed by atoms with van der Waals surface area (Å²) in [5.74, 6) is -0.266. The summed E-state index contributed by atoms with van der Waals surface area (Å²) in [6.45, 7) is 5.47. The SMILES string of the molecule is CC(=O)c1c(C)nn(CC(=O)NC[C@@H]2CC(=O)N(C)c3ccccc32)c1C. The Balaban J connectivity index is 1.68. The third-order valence-electron chi connectivity index (χ3n) is 5.11. The Morgan fingerprint density at radius 1 is 1.26 bits per heavy atom. The molecule has 1 aromatic heterocycles. The lowest BCUT2D eigenvalue weighted by molar-refractivity contribution is -0.123. The average molecular weight is 368 g/mol. The molecular weight excluding hydrogens is 344 g/mol. The van der Waals surface area contributed by atoms with Gasteiger partial charge in [-0.1, -0.05) is 18.2 Å². The van der Waals surface area contributed by atoms with Crippen LogP contribution < -0.4 is 10.2 Å². The van der Waals surface area contributed by atoms with E-state index in [9.17, 15) is 14.4 Å². The largest absolute Gasteiger partial charge is 0.354 e. The fourth-order valence-electron chi connectivity index (χ4n) is 3.70. The first kappa shape index (κ1) is 18.8. The number of rotatable bonds is 5. The van der Waals surface area contributed by atoms with Crippen molar-refractivity contribution < 1.29 is 14.4 Å². The molecule has 0 saturated heterocycles. The number of anilines is 1. The molecule has 0 aliphatic carbocycles. The molecule has 3 rings (SSSR count). The highest BCUT2D eigenvalue weighted by Crippen LogP contribution is 2.34. The fraction of sp³-hybridized carbons (Fsp3) is 0.400. The number of carbonyl (C=O) groups is 3. The molecule has 7 heteroatoms. The zero-order chi connectivity index (χ0) is 19.7. The molecule has 2 heterocycles. The molecule has 0 fully saturated rings. The topological polar surface area (TPSA) is 84.3 Å². The number of amides is 2. The van der Waals surface area contributed by atoms with Gasteiger partial charge in [0.15, 0.2) is 5.78 Å². The smallest absolute Gasteiger partial charge is 0.241 e. The predicted octanol–water partition coefficient (Wildman–Crippen LogP) is 1.97. The van der Waals surface area contributed by atoms with Crippen molar-refractivity contribution in [2.45, 2.75) is 39.7 Å². The minimum absolute atomic E-state index is 0.0394. The van der Waals surface area contributed by atoms with E-state index in [4.69, 9.17) is 0 Å². The third kappa shape index (κ3) is 3.63. The molecule has 0 unspecified atom stereocenters. The van der Waals surface area contributed by atoms with Gasteiger partial charge in [0.25, 0.3) is 0 Å². The lowest BCUT2D eigenvalue weighted by Crippen LogP contribution is -2.38. The summed E-state index contributed by atoms with van der Waals surface area (Å²) >= 11 is 0. The Morgan fingerprint density at radius 2 is 1.96 bits per heavy atom. The second kappa shape index (κ2) is 7.34. The van der Waals surface area contributed by atoms with E-state index >= 15 is 0 Å². The van der Waals surface area contributed by atoms with Crippen LogP contribution >= 0.6 is 0 Å². The van der Waals surface area contributed by atoms with Crippen LogP contribution in [0.15, 0.2) is 24.3 Å². The Labute approximate surface area is 158 Å². The lowest BCUT2D eigenvalue weighted by atomic mass is 9.89. The number of hydrogen-bond donors (Lipinski definition) is 1. The number of nitrogens with zero attached hydrogens (tertiary/aromatic N) is 3. The van der Waals surface area contributed by atoms with E-state index < -0.39 is 0 Å². The monoisotopic (exact) mass is 368 g/mol. The molecule has 1 aliphatic rings. The minimum atomic E-state index is -0.195. The summed E-state index contributed by atoms with van der Waals surface area (Å²) < 4.78 is 1.55. The number of aryl methyl sites for hydroxylation is 1. The van der Waals surface area contributed by atoms with Crippen molar-refractivity contribution in [2.75, 3.05) is 18.5 Å². The second-order valence-electron chi connectivity index (χ2n) is 6.98. The van der Waals surface area contributed by atoms with E-state index in [2.05, 4.69) is 10.4 Å². The van der Waals surface area contributed by atoms with Crippen molar-refractivity contribution in [3.63, 3.8) is 0 Å². The highest BCUT2D eigenvalue weighted by molar-refractivity contribution is 5.97. The second-order valence-corrected chi connectivity index (χ2v) is 6.98. The van der Waals surface area contributed by atoms with Crippen molar-refractivity contribution in [2.24, 2.45) is 0 Å². The van der Waals surface area contributed by atoms with Crippen molar-refractivity contribution in [3.05, 3.63) is 46.8 Å². The van der Waals surface area contributed by atoms with E-state index in [0.717, 1.165) is 11.3 Å². The van der Waals surface area contributed by atoms with E-state index in [1.807, 2.05) is 24.3 Å². The van der Waals surface area contributed by atoms with Crippen LogP contribution in [0.1, 0.15) is 46.6 Å². The molecule has 1 atom stereocenters. The zero-order valence-electron chi connectivity index (χ0n) is 16.1. The van der Waals surface area contributed by atoms with E-state index in [1.165, 1.54) is 6.92 Å². The molecule has 0 spiro atoms. The number of benzene rings is 1. The minimum Gasteiger partial charge on any atom is -0.354 e. The standard InChI is InChI=1S/C20H24N4O3/c1-12-20(14(3)25)13(2)24(22-12)11-18(26)21-10-15-9-19(27)23(4)17-8-6-5-7-16(15)17/h5-8,15H,9-11H2,1-4H3,(H,21,26)/t15-/m0/s1.